The van der Waals surface area contributed by atoms with Gasteiger partial charge < -0.3 is 0 Å². The van der Waals surface area contributed by atoms with Crippen LogP contribution >= 0.6 is 0 Å². The molecule has 0 aliphatic heterocycles. The maximum absolute atomic E-state index is 4.64. The molecule has 0 unspecified atom stereocenters. The molecule has 0 aliphatic carbocycles. The van der Waals surface area contributed by atoms with E-state index in [1.54, 1.807) is 0 Å². The van der Waals surface area contributed by atoms with Crippen LogP contribution in [0.1, 0.15) is 11.4 Å². The molecule has 0 radical (unpaired) electrons. The summed E-state index contributed by atoms with van der Waals surface area (Å²) in [5.41, 5.74) is 3.18. The second kappa shape index (κ2) is 3.70. The number of hydrogen-bond acceptors (Lipinski definition) is 2. The van der Waals surface area contributed by atoms with Crippen molar-refractivity contribution >= 4 is 10.9 Å². The number of imidazole rings is 1. The number of rotatable bonds is 1. The summed E-state index contributed by atoms with van der Waals surface area (Å²) in [7, 11) is 0. The molecule has 2 aromatic heterocycles. The van der Waals surface area contributed by atoms with E-state index < -0.39 is 0 Å². The van der Waals surface area contributed by atoms with Gasteiger partial charge in [-0.15, -0.1) is 0 Å². The van der Waals surface area contributed by atoms with Gasteiger partial charge in [0, 0.05) is 11.1 Å². The predicted octanol–water partition coefficient (Wildman–Crippen LogP) is 3.04. The van der Waals surface area contributed by atoms with Gasteiger partial charge in [-0.25, -0.2) is 9.97 Å². The highest BCUT2D eigenvalue weighted by molar-refractivity contribution is 5.79. The molecular weight excluding hydrogens is 210 g/mol. The molecule has 0 bridgehead atoms. The fraction of sp³-hybridized carbons (Fsp3) is 0.143. The lowest BCUT2D eigenvalue weighted by molar-refractivity contribution is 0.960. The lowest BCUT2D eigenvalue weighted by atomic mass is 10.2. The third-order valence-electron chi connectivity index (χ3n) is 3.08. The Morgan fingerprint density at radius 2 is 1.82 bits per heavy atom. The number of benzene rings is 1. The molecular formula is C14H13N3. The molecule has 3 rings (SSSR count). The summed E-state index contributed by atoms with van der Waals surface area (Å²) >= 11 is 0. The second-order valence-electron chi connectivity index (χ2n) is 4.15. The highest BCUT2D eigenvalue weighted by Crippen LogP contribution is 2.16. The molecule has 2 heterocycles. The summed E-state index contributed by atoms with van der Waals surface area (Å²) in [5.74, 6) is 0.918. The van der Waals surface area contributed by atoms with E-state index in [9.17, 15) is 0 Å². The average Bonchev–Trinajstić information content (AvgIpc) is 2.70. The number of nitrogens with zero attached hydrogens (tertiary/aromatic N) is 3. The van der Waals surface area contributed by atoms with Gasteiger partial charge in [0.2, 0.25) is 0 Å². The molecule has 0 aliphatic rings. The Hall–Kier alpha value is -2.16. The lowest BCUT2D eigenvalue weighted by Crippen LogP contribution is -1.98. The fourth-order valence-electron chi connectivity index (χ4n) is 1.92. The first-order valence-corrected chi connectivity index (χ1v) is 5.62. The van der Waals surface area contributed by atoms with E-state index in [1.807, 2.05) is 42.1 Å². The smallest absolute Gasteiger partial charge is 0.138 e. The molecule has 0 fully saturated rings. The fourth-order valence-corrected chi connectivity index (χ4v) is 1.92. The first-order chi connectivity index (χ1) is 8.25. The molecule has 1 aromatic carbocycles. The van der Waals surface area contributed by atoms with Crippen molar-refractivity contribution in [3.8, 4) is 5.82 Å². The first-order valence-electron chi connectivity index (χ1n) is 5.62. The highest BCUT2D eigenvalue weighted by Gasteiger charge is 2.05. The van der Waals surface area contributed by atoms with Crippen molar-refractivity contribution in [2.45, 2.75) is 13.8 Å². The van der Waals surface area contributed by atoms with Crippen molar-refractivity contribution in [1.82, 2.24) is 14.5 Å². The molecule has 0 amide bonds. The number of fused-ring (bicyclic) bond motifs is 1. The zero-order valence-corrected chi connectivity index (χ0v) is 9.88. The number of para-hydroxylation sites is 1. The van der Waals surface area contributed by atoms with Gasteiger partial charge in [-0.05, 0) is 32.0 Å². The summed E-state index contributed by atoms with van der Waals surface area (Å²) in [5, 5.41) is 1.16. The molecule has 0 saturated heterocycles. The van der Waals surface area contributed by atoms with Crippen molar-refractivity contribution in [2.75, 3.05) is 0 Å². The SMILES string of the molecule is Cc1ncn(-c2ccc3ccccc3n2)c1C. The summed E-state index contributed by atoms with van der Waals surface area (Å²) < 4.78 is 2.02. The van der Waals surface area contributed by atoms with Crippen LogP contribution in [0.4, 0.5) is 0 Å². The van der Waals surface area contributed by atoms with Crippen LogP contribution in [0, 0.1) is 13.8 Å². The van der Waals surface area contributed by atoms with Crippen LogP contribution < -0.4 is 0 Å². The lowest BCUT2D eigenvalue weighted by Gasteiger charge is -2.05. The largest absolute Gasteiger partial charge is 0.287 e. The maximum Gasteiger partial charge on any atom is 0.138 e. The van der Waals surface area contributed by atoms with E-state index in [4.69, 9.17) is 0 Å². The van der Waals surface area contributed by atoms with Crippen molar-refractivity contribution in [3.05, 3.63) is 54.1 Å². The standard InChI is InChI=1S/C14H13N3/c1-10-11(2)17(9-15-10)14-8-7-12-5-3-4-6-13(12)16-14/h3-9H,1-2H3. The Morgan fingerprint density at radius 1 is 1.00 bits per heavy atom. The van der Waals surface area contributed by atoms with Crippen LogP contribution in [-0.4, -0.2) is 14.5 Å². The van der Waals surface area contributed by atoms with E-state index in [0.717, 1.165) is 28.1 Å². The first kappa shape index (κ1) is 10.0. The summed E-state index contributed by atoms with van der Waals surface area (Å²) in [6, 6.07) is 12.2. The zero-order chi connectivity index (χ0) is 11.8. The highest BCUT2D eigenvalue weighted by atomic mass is 15.1. The van der Waals surface area contributed by atoms with Crippen LogP contribution in [0.15, 0.2) is 42.7 Å². The van der Waals surface area contributed by atoms with Gasteiger partial charge in [0.15, 0.2) is 0 Å². The predicted molar refractivity (Wildman–Crippen MR) is 68.3 cm³/mol. The minimum absolute atomic E-state index is 0.918. The van der Waals surface area contributed by atoms with Crippen molar-refractivity contribution in [2.24, 2.45) is 0 Å². The third-order valence-corrected chi connectivity index (χ3v) is 3.08. The number of aryl methyl sites for hydroxylation is 1. The van der Waals surface area contributed by atoms with Crippen LogP contribution in [0.3, 0.4) is 0 Å². The monoisotopic (exact) mass is 223 g/mol. The molecule has 3 aromatic rings. The van der Waals surface area contributed by atoms with Crippen molar-refractivity contribution in [1.29, 1.82) is 0 Å². The van der Waals surface area contributed by atoms with Crippen LogP contribution in [0.2, 0.25) is 0 Å². The van der Waals surface area contributed by atoms with Gasteiger partial charge >= 0.3 is 0 Å². The molecule has 0 spiro atoms. The van der Waals surface area contributed by atoms with Gasteiger partial charge in [0.25, 0.3) is 0 Å². The number of pyridine rings is 1. The molecule has 0 atom stereocenters. The number of hydrogen-bond donors (Lipinski definition) is 0. The van der Waals surface area contributed by atoms with E-state index in [2.05, 4.69) is 29.0 Å². The van der Waals surface area contributed by atoms with E-state index >= 15 is 0 Å². The average molecular weight is 223 g/mol. The number of aromatic nitrogens is 3. The Kier molecular flexibility index (Phi) is 2.18. The van der Waals surface area contributed by atoms with Gasteiger partial charge in [-0.3, -0.25) is 4.57 Å². The summed E-state index contributed by atoms with van der Waals surface area (Å²) in [4.78, 5) is 8.94. The molecule has 3 nitrogen and oxygen atoms in total. The molecule has 0 saturated carbocycles. The zero-order valence-electron chi connectivity index (χ0n) is 9.88. The maximum atomic E-state index is 4.64. The summed E-state index contributed by atoms with van der Waals surface area (Å²) in [6.07, 6.45) is 1.82. The Balaban J connectivity index is 2.21. The molecule has 0 N–H and O–H groups in total. The summed E-state index contributed by atoms with van der Waals surface area (Å²) in [6.45, 7) is 4.06. The van der Waals surface area contributed by atoms with Gasteiger partial charge in [0.1, 0.15) is 12.1 Å². The minimum atomic E-state index is 0.918. The molecule has 84 valence electrons. The van der Waals surface area contributed by atoms with Crippen LogP contribution in [0.25, 0.3) is 16.7 Å². The van der Waals surface area contributed by atoms with Crippen LogP contribution in [-0.2, 0) is 0 Å². The Morgan fingerprint density at radius 3 is 2.59 bits per heavy atom. The topological polar surface area (TPSA) is 30.7 Å². The van der Waals surface area contributed by atoms with Crippen molar-refractivity contribution < 1.29 is 0 Å². The van der Waals surface area contributed by atoms with E-state index in [0.29, 0.717) is 0 Å². The Bertz CT molecular complexity index is 683. The van der Waals surface area contributed by atoms with Gasteiger partial charge in [-0.2, -0.15) is 0 Å². The van der Waals surface area contributed by atoms with Crippen molar-refractivity contribution in [3.63, 3.8) is 0 Å². The Labute approximate surface area is 99.8 Å². The minimum Gasteiger partial charge on any atom is -0.287 e. The molecule has 17 heavy (non-hydrogen) atoms. The van der Waals surface area contributed by atoms with E-state index in [1.165, 1.54) is 0 Å². The van der Waals surface area contributed by atoms with Gasteiger partial charge in [0.05, 0.1) is 11.2 Å². The van der Waals surface area contributed by atoms with Gasteiger partial charge in [-0.1, -0.05) is 18.2 Å². The van der Waals surface area contributed by atoms with E-state index in [-0.39, 0.29) is 0 Å². The second-order valence-corrected chi connectivity index (χ2v) is 4.15. The molecule has 3 heteroatoms. The quantitative estimate of drug-likeness (QED) is 0.634. The normalized spacial score (nSPS) is 10.9. The van der Waals surface area contributed by atoms with Crippen LogP contribution in [0.5, 0.6) is 0 Å². The third kappa shape index (κ3) is 1.60.